The van der Waals surface area contributed by atoms with Crippen molar-refractivity contribution in [3.05, 3.63) is 94.0 Å². The zero-order valence-electron chi connectivity index (χ0n) is 17.0. The third-order valence-electron chi connectivity index (χ3n) is 5.38. The fourth-order valence-electron chi connectivity index (χ4n) is 3.85. The van der Waals surface area contributed by atoms with Crippen LogP contribution in [-0.4, -0.2) is 23.4 Å². The van der Waals surface area contributed by atoms with Crippen molar-refractivity contribution in [2.75, 3.05) is 11.5 Å². The van der Waals surface area contributed by atoms with Gasteiger partial charge in [-0.1, -0.05) is 46.3 Å². The summed E-state index contributed by atoms with van der Waals surface area (Å²) in [6, 6.07) is 21.6. The van der Waals surface area contributed by atoms with Gasteiger partial charge in [0.1, 0.15) is 5.75 Å². The van der Waals surface area contributed by atoms with Crippen molar-refractivity contribution in [1.82, 2.24) is 0 Å². The smallest absolute Gasteiger partial charge is 0.264 e. The molecule has 1 atom stereocenters. The molecule has 1 aliphatic rings. The van der Waals surface area contributed by atoms with E-state index in [4.69, 9.17) is 4.74 Å². The average Bonchev–Trinajstić information content (AvgIpc) is 2.96. The summed E-state index contributed by atoms with van der Waals surface area (Å²) in [5.74, 6) is -0.145. The SMILES string of the molecule is CCOc1ccc(C(=O)C[C@@]2(O)C(=O)N(Cc3ccccc3)c3ccc(Br)cc32)cc1. The lowest BCUT2D eigenvalue weighted by Gasteiger charge is -2.23. The van der Waals surface area contributed by atoms with E-state index >= 15 is 0 Å². The van der Waals surface area contributed by atoms with Gasteiger partial charge < -0.3 is 14.7 Å². The number of ether oxygens (including phenoxy) is 1. The van der Waals surface area contributed by atoms with Crippen molar-refractivity contribution in [2.45, 2.75) is 25.5 Å². The quantitative estimate of drug-likeness (QED) is 0.491. The van der Waals surface area contributed by atoms with Gasteiger partial charge in [-0.3, -0.25) is 9.59 Å². The number of hydrogen-bond acceptors (Lipinski definition) is 4. The van der Waals surface area contributed by atoms with Crippen LogP contribution in [0.2, 0.25) is 0 Å². The Labute approximate surface area is 189 Å². The minimum absolute atomic E-state index is 0.313. The van der Waals surface area contributed by atoms with E-state index in [9.17, 15) is 14.7 Å². The summed E-state index contributed by atoms with van der Waals surface area (Å²) >= 11 is 3.42. The number of halogens is 1. The molecule has 0 saturated heterocycles. The fourth-order valence-corrected chi connectivity index (χ4v) is 4.22. The number of anilines is 1. The van der Waals surface area contributed by atoms with Gasteiger partial charge in [0.05, 0.1) is 25.3 Å². The molecule has 1 N–H and O–H groups in total. The zero-order chi connectivity index (χ0) is 22.0. The van der Waals surface area contributed by atoms with Gasteiger partial charge in [0, 0.05) is 15.6 Å². The molecule has 0 saturated carbocycles. The second kappa shape index (κ2) is 8.65. The lowest BCUT2D eigenvalue weighted by molar-refractivity contribution is -0.136. The number of fused-ring (bicyclic) bond motifs is 1. The summed E-state index contributed by atoms with van der Waals surface area (Å²) in [7, 11) is 0. The molecule has 31 heavy (non-hydrogen) atoms. The first-order valence-electron chi connectivity index (χ1n) is 10.1. The van der Waals surface area contributed by atoms with E-state index in [2.05, 4.69) is 15.9 Å². The average molecular weight is 480 g/mol. The number of nitrogens with zero attached hydrogens (tertiary/aromatic N) is 1. The largest absolute Gasteiger partial charge is 0.494 e. The van der Waals surface area contributed by atoms with Crippen molar-refractivity contribution in [1.29, 1.82) is 0 Å². The Hall–Kier alpha value is -2.96. The number of amides is 1. The summed E-state index contributed by atoms with van der Waals surface area (Å²) in [5.41, 5.74) is 0.472. The van der Waals surface area contributed by atoms with Crippen LogP contribution in [0.3, 0.4) is 0 Å². The van der Waals surface area contributed by atoms with Crippen LogP contribution in [-0.2, 0) is 16.9 Å². The topological polar surface area (TPSA) is 66.8 Å². The Kier molecular flexibility index (Phi) is 5.94. The van der Waals surface area contributed by atoms with Crippen LogP contribution in [0.5, 0.6) is 5.75 Å². The first-order chi connectivity index (χ1) is 14.9. The van der Waals surface area contributed by atoms with Gasteiger partial charge in [-0.05, 0) is 55.0 Å². The van der Waals surface area contributed by atoms with Crippen LogP contribution in [0.25, 0.3) is 0 Å². The Balaban J connectivity index is 1.65. The van der Waals surface area contributed by atoms with E-state index in [1.165, 1.54) is 0 Å². The van der Waals surface area contributed by atoms with Crippen molar-refractivity contribution < 1.29 is 19.4 Å². The fraction of sp³-hybridized carbons (Fsp3) is 0.200. The molecule has 0 spiro atoms. The highest BCUT2D eigenvalue weighted by atomic mass is 79.9. The lowest BCUT2D eigenvalue weighted by Crippen LogP contribution is -2.41. The molecule has 158 valence electrons. The summed E-state index contributed by atoms with van der Waals surface area (Å²) in [6.07, 6.45) is -0.339. The van der Waals surface area contributed by atoms with E-state index in [1.807, 2.05) is 43.3 Å². The molecule has 0 unspecified atom stereocenters. The number of carbonyl (C=O) groups excluding carboxylic acids is 2. The molecule has 0 radical (unpaired) electrons. The van der Waals surface area contributed by atoms with Crippen LogP contribution in [0.4, 0.5) is 5.69 Å². The molecule has 3 aromatic carbocycles. The van der Waals surface area contributed by atoms with E-state index in [0.717, 1.165) is 10.0 Å². The maximum Gasteiger partial charge on any atom is 0.264 e. The van der Waals surface area contributed by atoms with Crippen LogP contribution in [0.1, 0.15) is 34.8 Å². The minimum Gasteiger partial charge on any atom is -0.494 e. The molecule has 3 aromatic rings. The number of ketones is 1. The van der Waals surface area contributed by atoms with Crippen molar-refractivity contribution >= 4 is 33.3 Å². The predicted octanol–water partition coefficient (Wildman–Crippen LogP) is 4.86. The first-order valence-corrected chi connectivity index (χ1v) is 10.9. The Morgan fingerprint density at radius 3 is 2.45 bits per heavy atom. The molecule has 4 rings (SSSR count). The highest BCUT2D eigenvalue weighted by Crippen LogP contribution is 2.44. The molecule has 1 amide bonds. The molecular formula is C25H22BrNO4. The standard InChI is InChI=1S/C25H22BrNO4/c1-2-31-20-11-8-18(9-12-20)23(28)15-25(30)21-14-19(26)10-13-22(21)27(24(25)29)16-17-6-4-3-5-7-17/h3-14,30H,2,15-16H2,1H3/t25-/m0/s1. The van der Waals surface area contributed by atoms with Crippen molar-refractivity contribution in [3.8, 4) is 5.75 Å². The Morgan fingerprint density at radius 1 is 1.06 bits per heavy atom. The predicted molar refractivity (Wildman–Crippen MR) is 122 cm³/mol. The molecule has 5 nitrogen and oxygen atoms in total. The number of carbonyl (C=O) groups is 2. The molecule has 0 bridgehead atoms. The van der Waals surface area contributed by atoms with Gasteiger partial charge in [0.25, 0.3) is 5.91 Å². The molecule has 6 heteroatoms. The van der Waals surface area contributed by atoms with Crippen LogP contribution < -0.4 is 9.64 Å². The van der Waals surface area contributed by atoms with Gasteiger partial charge in [0.15, 0.2) is 11.4 Å². The van der Waals surface area contributed by atoms with E-state index < -0.39 is 11.5 Å². The number of benzene rings is 3. The Bertz CT molecular complexity index is 1110. The summed E-state index contributed by atoms with van der Waals surface area (Å²) in [4.78, 5) is 27.9. The number of hydrogen-bond donors (Lipinski definition) is 1. The van der Waals surface area contributed by atoms with Gasteiger partial charge in [-0.15, -0.1) is 0 Å². The molecule has 1 aliphatic heterocycles. The zero-order valence-corrected chi connectivity index (χ0v) is 18.6. The molecule has 0 aromatic heterocycles. The minimum atomic E-state index is -1.93. The second-order valence-electron chi connectivity index (χ2n) is 7.46. The number of Topliss-reactive ketones (excluding diaryl/α,β-unsaturated/α-hetero) is 1. The highest BCUT2D eigenvalue weighted by Gasteiger charge is 2.51. The summed E-state index contributed by atoms with van der Waals surface area (Å²) in [5, 5.41) is 11.5. The first kappa shape index (κ1) is 21.3. The van der Waals surface area contributed by atoms with E-state index in [-0.39, 0.29) is 12.2 Å². The molecule has 0 fully saturated rings. The molecule has 0 aliphatic carbocycles. The van der Waals surface area contributed by atoms with Crippen molar-refractivity contribution in [2.24, 2.45) is 0 Å². The molecule has 1 heterocycles. The van der Waals surface area contributed by atoms with E-state index in [1.54, 1.807) is 41.3 Å². The number of aliphatic hydroxyl groups is 1. The Morgan fingerprint density at radius 2 is 1.77 bits per heavy atom. The highest BCUT2D eigenvalue weighted by molar-refractivity contribution is 9.10. The second-order valence-corrected chi connectivity index (χ2v) is 8.37. The third-order valence-corrected chi connectivity index (χ3v) is 5.87. The molecular weight excluding hydrogens is 458 g/mol. The summed E-state index contributed by atoms with van der Waals surface area (Å²) < 4.78 is 6.14. The van der Waals surface area contributed by atoms with Crippen molar-refractivity contribution in [3.63, 3.8) is 0 Å². The number of rotatable bonds is 7. The lowest BCUT2D eigenvalue weighted by atomic mass is 9.88. The van der Waals surface area contributed by atoms with Gasteiger partial charge in [0.2, 0.25) is 0 Å². The monoisotopic (exact) mass is 479 g/mol. The van der Waals surface area contributed by atoms with Crippen LogP contribution in [0.15, 0.2) is 77.3 Å². The third kappa shape index (κ3) is 4.13. The summed E-state index contributed by atoms with van der Waals surface area (Å²) in [6.45, 7) is 2.73. The van der Waals surface area contributed by atoms with Gasteiger partial charge >= 0.3 is 0 Å². The maximum absolute atomic E-state index is 13.4. The van der Waals surface area contributed by atoms with Gasteiger partial charge in [-0.2, -0.15) is 0 Å². The normalized spacial score (nSPS) is 17.5. The van der Waals surface area contributed by atoms with Crippen LogP contribution >= 0.6 is 15.9 Å². The van der Waals surface area contributed by atoms with E-state index in [0.29, 0.717) is 35.7 Å². The van der Waals surface area contributed by atoms with Gasteiger partial charge in [-0.25, -0.2) is 0 Å². The maximum atomic E-state index is 13.4. The van der Waals surface area contributed by atoms with Crippen LogP contribution in [0, 0.1) is 0 Å².